The zero-order valence-corrected chi connectivity index (χ0v) is 8.69. The third-order valence-corrected chi connectivity index (χ3v) is 2.67. The first-order chi connectivity index (χ1) is 6.82. The van der Waals surface area contributed by atoms with Gasteiger partial charge in [-0.15, -0.1) is 0 Å². The lowest BCUT2D eigenvalue weighted by Crippen LogP contribution is -2.35. The van der Waals surface area contributed by atoms with Gasteiger partial charge in [-0.1, -0.05) is 0 Å². The number of aliphatic hydroxyl groups excluding tert-OH is 4. The van der Waals surface area contributed by atoms with Gasteiger partial charge in [0.1, 0.15) is 12.2 Å². The van der Waals surface area contributed by atoms with Gasteiger partial charge in [-0.05, 0) is 0 Å². The summed E-state index contributed by atoms with van der Waals surface area (Å²) in [5, 5.41) is 34.8. The molecule has 6 N–H and O–H groups in total. The van der Waals surface area contributed by atoms with E-state index in [2.05, 4.69) is 4.74 Å². The van der Waals surface area contributed by atoms with Crippen LogP contribution < -0.4 is 0 Å². The van der Waals surface area contributed by atoms with Gasteiger partial charge in [-0.25, -0.2) is 0 Å². The molecule has 15 heavy (non-hydrogen) atoms. The smallest absolute Gasteiger partial charge is 0.356 e. The Bertz CT molecular complexity index is 215. The van der Waals surface area contributed by atoms with E-state index >= 15 is 0 Å². The summed E-state index contributed by atoms with van der Waals surface area (Å²) in [6.45, 7) is -2.07. The van der Waals surface area contributed by atoms with Gasteiger partial charge in [0, 0.05) is 0 Å². The maximum Gasteiger partial charge on any atom is 0.356 e. The topological polar surface area (TPSA) is 148 Å². The molecular formula is C6H15O8P. The molecule has 0 spiro atoms. The van der Waals surface area contributed by atoms with Gasteiger partial charge in [0.2, 0.25) is 0 Å². The van der Waals surface area contributed by atoms with Crippen LogP contribution in [-0.2, 0) is 9.30 Å². The molecule has 9 heteroatoms. The van der Waals surface area contributed by atoms with Crippen LogP contribution in [-0.4, -0.2) is 68.1 Å². The quantitative estimate of drug-likeness (QED) is 0.264. The Morgan fingerprint density at radius 3 is 2.00 bits per heavy atom. The van der Waals surface area contributed by atoms with Crippen LogP contribution in [0.5, 0.6) is 0 Å². The van der Waals surface area contributed by atoms with Crippen LogP contribution in [0.4, 0.5) is 0 Å². The molecule has 0 bridgehead atoms. The average molecular weight is 246 g/mol. The molecule has 3 unspecified atom stereocenters. The largest absolute Gasteiger partial charge is 0.394 e. The zero-order chi connectivity index (χ0) is 12.1. The Kier molecular flexibility index (Phi) is 6.49. The van der Waals surface area contributed by atoms with Crippen LogP contribution in [0.25, 0.3) is 0 Å². The second kappa shape index (κ2) is 6.51. The van der Waals surface area contributed by atoms with E-state index in [4.69, 9.17) is 30.2 Å². The van der Waals surface area contributed by atoms with Gasteiger partial charge in [0.05, 0.1) is 19.8 Å². The second-order valence-electron chi connectivity index (χ2n) is 2.90. The van der Waals surface area contributed by atoms with Crippen molar-refractivity contribution >= 4 is 7.60 Å². The predicted molar refractivity (Wildman–Crippen MR) is 48.0 cm³/mol. The molecule has 3 atom stereocenters. The Morgan fingerprint density at radius 2 is 1.67 bits per heavy atom. The first-order valence-electron chi connectivity index (χ1n) is 4.07. The molecule has 0 saturated carbocycles. The summed E-state index contributed by atoms with van der Waals surface area (Å²) in [5.41, 5.74) is 0. The van der Waals surface area contributed by atoms with Gasteiger partial charge in [-0.3, -0.25) is 4.57 Å². The summed E-state index contributed by atoms with van der Waals surface area (Å²) in [6, 6.07) is 0. The highest BCUT2D eigenvalue weighted by atomic mass is 31.2. The third kappa shape index (κ3) is 5.55. The molecule has 0 fully saturated rings. The summed E-state index contributed by atoms with van der Waals surface area (Å²) >= 11 is 0. The normalized spacial score (nSPS) is 18.5. The maximum atomic E-state index is 10.8. The highest BCUT2D eigenvalue weighted by Gasteiger charge is 2.36. The average Bonchev–Trinajstić information content (AvgIpc) is 2.15. The van der Waals surface area contributed by atoms with E-state index in [1.54, 1.807) is 0 Å². The Balaban J connectivity index is 4.34. The Morgan fingerprint density at radius 1 is 1.13 bits per heavy atom. The van der Waals surface area contributed by atoms with Crippen LogP contribution in [0.15, 0.2) is 0 Å². The fourth-order valence-electron chi connectivity index (χ4n) is 0.785. The first-order valence-corrected chi connectivity index (χ1v) is 5.75. The molecule has 0 aliphatic rings. The molecule has 0 rings (SSSR count). The van der Waals surface area contributed by atoms with E-state index in [-0.39, 0.29) is 0 Å². The molecule has 0 heterocycles. The minimum Gasteiger partial charge on any atom is -0.394 e. The van der Waals surface area contributed by atoms with E-state index in [0.717, 1.165) is 0 Å². The van der Waals surface area contributed by atoms with Crippen molar-refractivity contribution in [2.45, 2.75) is 18.1 Å². The van der Waals surface area contributed by atoms with E-state index in [1.165, 1.54) is 0 Å². The van der Waals surface area contributed by atoms with Crippen LogP contribution in [0, 0.1) is 0 Å². The van der Waals surface area contributed by atoms with Gasteiger partial charge >= 0.3 is 7.60 Å². The lowest BCUT2D eigenvalue weighted by molar-refractivity contribution is -0.0624. The molecule has 8 nitrogen and oxygen atoms in total. The van der Waals surface area contributed by atoms with Crippen molar-refractivity contribution in [1.82, 2.24) is 0 Å². The summed E-state index contributed by atoms with van der Waals surface area (Å²) in [7, 11) is -4.74. The molecule has 0 radical (unpaired) electrons. The highest BCUT2D eigenvalue weighted by Crippen LogP contribution is 2.43. The van der Waals surface area contributed by atoms with Crippen LogP contribution in [0.2, 0.25) is 0 Å². The zero-order valence-electron chi connectivity index (χ0n) is 7.80. The van der Waals surface area contributed by atoms with Gasteiger partial charge in [0.15, 0.2) is 5.85 Å². The molecule has 0 aromatic rings. The molecular weight excluding hydrogens is 231 g/mol. The third-order valence-electron chi connectivity index (χ3n) is 1.52. The van der Waals surface area contributed by atoms with E-state index in [9.17, 15) is 4.57 Å². The number of ether oxygens (including phenoxy) is 1. The van der Waals surface area contributed by atoms with Crippen molar-refractivity contribution < 1.29 is 39.5 Å². The van der Waals surface area contributed by atoms with Crippen molar-refractivity contribution in [3.05, 3.63) is 0 Å². The van der Waals surface area contributed by atoms with E-state index in [1.807, 2.05) is 0 Å². The van der Waals surface area contributed by atoms with Crippen molar-refractivity contribution in [2.75, 3.05) is 19.8 Å². The molecule has 92 valence electrons. The predicted octanol–water partition coefficient (Wildman–Crippen LogP) is -2.79. The Hall–Kier alpha value is -0.0500. The van der Waals surface area contributed by atoms with Crippen LogP contribution in [0.1, 0.15) is 0 Å². The van der Waals surface area contributed by atoms with Gasteiger partial charge < -0.3 is 34.9 Å². The molecule has 0 amide bonds. The molecule has 0 aliphatic heterocycles. The summed E-state index contributed by atoms with van der Waals surface area (Å²) < 4.78 is 15.3. The monoisotopic (exact) mass is 246 g/mol. The number of aliphatic hydroxyl groups is 4. The fourth-order valence-corrected chi connectivity index (χ4v) is 1.61. The maximum absolute atomic E-state index is 10.8. The minimum atomic E-state index is -4.74. The van der Waals surface area contributed by atoms with E-state index in [0.29, 0.717) is 0 Å². The van der Waals surface area contributed by atoms with Crippen molar-refractivity contribution in [2.24, 2.45) is 0 Å². The van der Waals surface area contributed by atoms with E-state index < -0.39 is 45.5 Å². The molecule has 0 saturated heterocycles. The number of hydrogen-bond acceptors (Lipinski definition) is 6. The summed E-state index contributed by atoms with van der Waals surface area (Å²) in [5.74, 6) is -1.91. The second-order valence-corrected chi connectivity index (χ2v) is 4.59. The number of rotatable bonds is 7. The first kappa shape index (κ1) is 14.9. The lowest BCUT2D eigenvalue weighted by Gasteiger charge is -2.23. The minimum absolute atomic E-state index is 0.552. The van der Waals surface area contributed by atoms with Gasteiger partial charge in [-0.2, -0.15) is 0 Å². The number of hydrogen-bond donors (Lipinski definition) is 6. The highest BCUT2D eigenvalue weighted by molar-refractivity contribution is 7.52. The Labute approximate surface area is 85.9 Å². The standard InChI is InChI=1S/C6H15O8P/c7-1-4(9)3-14-6(5(10)2-8)15(11,12)13/h4-10H,1-3H2,(H2,11,12,13). The van der Waals surface area contributed by atoms with Crippen molar-refractivity contribution in [3.63, 3.8) is 0 Å². The summed E-state index contributed by atoms with van der Waals surface area (Å²) in [4.78, 5) is 17.5. The van der Waals surface area contributed by atoms with Gasteiger partial charge in [0.25, 0.3) is 0 Å². The van der Waals surface area contributed by atoms with Crippen LogP contribution in [0.3, 0.4) is 0 Å². The van der Waals surface area contributed by atoms with Crippen LogP contribution >= 0.6 is 7.60 Å². The van der Waals surface area contributed by atoms with Crippen molar-refractivity contribution in [1.29, 1.82) is 0 Å². The molecule has 0 aromatic carbocycles. The fraction of sp³-hybridized carbons (Fsp3) is 1.00. The lowest BCUT2D eigenvalue weighted by atomic mass is 10.4. The molecule has 0 aromatic heterocycles. The molecule has 0 aliphatic carbocycles. The summed E-state index contributed by atoms with van der Waals surface area (Å²) in [6.07, 6.45) is -3.05. The SMILES string of the molecule is O=P(O)(O)C(OCC(O)CO)C(O)CO. The van der Waals surface area contributed by atoms with Crippen molar-refractivity contribution in [3.8, 4) is 0 Å².